The summed E-state index contributed by atoms with van der Waals surface area (Å²) in [4.78, 5) is 0. The molecule has 23 heavy (non-hydrogen) atoms. The number of rotatable bonds is 7. The number of nitrogens with two attached hydrogens (primary N) is 2. The highest BCUT2D eigenvalue weighted by molar-refractivity contribution is 5.19. The molecule has 0 aliphatic carbocycles. The summed E-state index contributed by atoms with van der Waals surface area (Å²) < 4.78 is 28.6. The maximum atomic E-state index is 14.3. The van der Waals surface area contributed by atoms with Crippen molar-refractivity contribution in [3.8, 4) is 0 Å². The predicted molar refractivity (Wildman–Crippen MR) is 87.1 cm³/mol. The lowest BCUT2D eigenvalue weighted by atomic mass is 9.92. The Balaban J connectivity index is 2.00. The van der Waals surface area contributed by atoms with Crippen molar-refractivity contribution in [2.45, 2.75) is 37.0 Å². The van der Waals surface area contributed by atoms with Crippen LogP contribution in [0.1, 0.15) is 23.6 Å². The molecular formula is C18H22F2N2O. The van der Waals surface area contributed by atoms with Crippen molar-refractivity contribution in [2.24, 2.45) is 11.5 Å². The number of benzene rings is 2. The summed E-state index contributed by atoms with van der Waals surface area (Å²) in [5.74, 6) is -3.36. The van der Waals surface area contributed by atoms with Crippen LogP contribution in [0.2, 0.25) is 0 Å². The molecule has 0 saturated carbocycles. The van der Waals surface area contributed by atoms with Gasteiger partial charge in [-0.15, -0.1) is 0 Å². The lowest BCUT2D eigenvalue weighted by Gasteiger charge is -2.29. The van der Waals surface area contributed by atoms with E-state index >= 15 is 0 Å². The standard InChI is InChI=1S/C18H22F2N2O/c19-18(20,12-16(22)14-9-5-2-6-10-14)17(23)15(21)11-13-7-3-1-4-8-13/h1-10,15-17,23H,11-12,21-22H2. The average molecular weight is 320 g/mol. The van der Waals surface area contributed by atoms with E-state index in [-0.39, 0.29) is 6.42 Å². The molecular weight excluding hydrogens is 298 g/mol. The monoisotopic (exact) mass is 320 g/mol. The first kappa shape index (κ1) is 17.5. The van der Waals surface area contributed by atoms with E-state index in [4.69, 9.17) is 11.5 Å². The molecule has 0 radical (unpaired) electrons. The minimum absolute atomic E-state index is 0.179. The second-order valence-corrected chi connectivity index (χ2v) is 5.78. The van der Waals surface area contributed by atoms with Crippen LogP contribution in [0.3, 0.4) is 0 Å². The number of halogens is 2. The highest BCUT2D eigenvalue weighted by atomic mass is 19.3. The van der Waals surface area contributed by atoms with E-state index in [1.165, 1.54) is 0 Å². The Labute approximate surface area is 134 Å². The molecule has 0 amide bonds. The highest BCUT2D eigenvalue weighted by Crippen LogP contribution is 2.31. The minimum atomic E-state index is -3.36. The molecule has 124 valence electrons. The summed E-state index contributed by atoms with van der Waals surface area (Å²) in [5.41, 5.74) is 13.0. The van der Waals surface area contributed by atoms with E-state index < -0.39 is 30.5 Å². The van der Waals surface area contributed by atoms with Crippen molar-refractivity contribution in [1.29, 1.82) is 0 Å². The van der Waals surface area contributed by atoms with Crippen LogP contribution in [0.25, 0.3) is 0 Å². The summed E-state index contributed by atoms with van der Waals surface area (Å²) >= 11 is 0. The second kappa shape index (κ2) is 7.64. The Bertz CT molecular complexity index is 592. The molecule has 0 aliphatic rings. The molecule has 2 rings (SSSR count). The predicted octanol–water partition coefficient (Wildman–Crippen LogP) is 2.64. The SMILES string of the molecule is NC(CC(F)(F)C(O)C(N)Cc1ccccc1)c1ccccc1. The molecule has 0 aliphatic heterocycles. The Morgan fingerprint density at radius 2 is 1.43 bits per heavy atom. The molecule has 0 bridgehead atoms. The van der Waals surface area contributed by atoms with Gasteiger partial charge in [-0.25, -0.2) is 8.78 Å². The van der Waals surface area contributed by atoms with E-state index in [0.717, 1.165) is 5.56 Å². The topological polar surface area (TPSA) is 72.3 Å². The number of aliphatic hydroxyl groups is 1. The van der Waals surface area contributed by atoms with Gasteiger partial charge in [0.15, 0.2) is 0 Å². The maximum absolute atomic E-state index is 14.3. The first-order valence-electron chi connectivity index (χ1n) is 7.56. The molecule has 0 spiro atoms. The van der Waals surface area contributed by atoms with Crippen LogP contribution in [-0.4, -0.2) is 23.2 Å². The molecule has 3 nitrogen and oxygen atoms in total. The molecule has 3 unspecified atom stereocenters. The molecule has 2 aromatic rings. The van der Waals surface area contributed by atoms with E-state index in [1.54, 1.807) is 54.6 Å². The van der Waals surface area contributed by atoms with Crippen molar-refractivity contribution in [1.82, 2.24) is 0 Å². The van der Waals surface area contributed by atoms with E-state index in [1.807, 2.05) is 6.07 Å². The van der Waals surface area contributed by atoms with Crippen LogP contribution in [-0.2, 0) is 6.42 Å². The minimum Gasteiger partial charge on any atom is -0.385 e. The Morgan fingerprint density at radius 3 is 2.00 bits per heavy atom. The Hall–Kier alpha value is -1.82. The Morgan fingerprint density at radius 1 is 0.913 bits per heavy atom. The third-order valence-electron chi connectivity index (χ3n) is 3.87. The summed E-state index contributed by atoms with van der Waals surface area (Å²) in [6, 6.07) is 15.8. The number of hydrogen-bond donors (Lipinski definition) is 3. The highest BCUT2D eigenvalue weighted by Gasteiger charge is 2.43. The van der Waals surface area contributed by atoms with Crippen molar-refractivity contribution in [2.75, 3.05) is 0 Å². The van der Waals surface area contributed by atoms with Crippen molar-refractivity contribution in [3.05, 3.63) is 71.8 Å². The van der Waals surface area contributed by atoms with Crippen molar-refractivity contribution < 1.29 is 13.9 Å². The fraction of sp³-hybridized carbons (Fsp3) is 0.333. The summed E-state index contributed by atoms with van der Waals surface area (Å²) in [6.07, 6.45) is -2.42. The normalized spacial score (nSPS) is 15.9. The molecule has 0 aromatic heterocycles. The summed E-state index contributed by atoms with van der Waals surface area (Å²) in [6.45, 7) is 0. The molecule has 0 heterocycles. The average Bonchev–Trinajstić information content (AvgIpc) is 2.55. The van der Waals surface area contributed by atoms with Crippen molar-refractivity contribution >= 4 is 0 Å². The second-order valence-electron chi connectivity index (χ2n) is 5.78. The van der Waals surface area contributed by atoms with Gasteiger partial charge in [0.1, 0.15) is 6.10 Å². The number of alkyl halides is 2. The van der Waals surface area contributed by atoms with Gasteiger partial charge in [-0.2, -0.15) is 0 Å². The van der Waals surface area contributed by atoms with Gasteiger partial charge in [-0.05, 0) is 17.5 Å². The van der Waals surface area contributed by atoms with Gasteiger partial charge in [0, 0.05) is 18.5 Å². The largest absolute Gasteiger partial charge is 0.385 e. The van der Waals surface area contributed by atoms with Gasteiger partial charge >= 0.3 is 0 Å². The zero-order valence-electron chi connectivity index (χ0n) is 12.8. The van der Waals surface area contributed by atoms with Crippen LogP contribution in [0.4, 0.5) is 8.78 Å². The first-order chi connectivity index (χ1) is 10.9. The zero-order chi connectivity index (χ0) is 16.9. The van der Waals surface area contributed by atoms with E-state index in [0.29, 0.717) is 5.56 Å². The van der Waals surface area contributed by atoms with Gasteiger partial charge in [0.05, 0.1) is 0 Å². The van der Waals surface area contributed by atoms with Gasteiger partial charge in [-0.1, -0.05) is 60.7 Å². The fourth-order valence-corrected chi connectivity index (χ4v) is 2.54. The fourth-order valence-electron chi connectivity index (χ4n) is 2.54. The zero-order valence-corrected chi connectivity index (χ0v) is 12.8. The number of aliphatic hydroxyl groups excluding tert-OH is 1. The quantitative estimate of drug-likeness (QED) is 0.734. The summed E-state index contributed by atoms with van der Waals surface area (Å²) in [7, 11) is 0. The lowest BCUT2D eigenvalue weighted by Crippen LogP contribution is -2.49. The third kappa shape index (κ3) is 4.82. The maximum Gasteiger partial charge on any atom is 0.276 e. The molecule has 2 aromatic carbocycles. The molecule has 5 N–H and O–H groups in total. The molecule has 0 fully saturated rings. The van der Waals surface area contributed by atoms with E-state index in [2.05, 4.69) is 0 Å². The first-order valence-corrected chi connectivity index (χ1v) is 7.56. The third-order valence-corrected chi connectivity index (χ3v) is 3.87. The van der Waals surface area contributed by atoms with E-state index in [9.17, 15) is 13.9 Å². The lowest BCUT2D eigenvalue weighted by molar-refractivity contribution is -0.125. The van der Waals surface area contributed by atoms with Crippen LogP contribution in [0.5, 0.6) is 0 Å². The Kier molecular flexibility index (Phi) is 5.82. The smallest absolute Gasteiger partial charge is 0.276 e. The van der Waals surface area contributed by atoms with Gasteiger partial charge < -0.3 is 16.6 Å². The van der Waals surface area contributed by atoms with Crippen LogP contribution < -0.4 is 11.5 Å². The molecule has 0 saturated heterocycles. The van der Waals surface area contributed by atoms with Gasteiger partial charge in [0.25, 0.3) is 5.92 Å². The van der Waals surface area contributed by atoms with Gasteiger partial charge in [-0.3, -0.25) is 0 Å². The van der Waals surface area contributed by atoms with Gasteiger partial charge in [0.2, 0.25) is 0 Å². The van der Waals surface area contributed by atoms with Crippen molar-refractivity contribution in [3.63, 3.8) is 0 Å². The number of hydrogen-bond acceptors (Lipinski definition) is 3. The summed E-state index contributed by atoms with van der Waals surface area (Å²) in [5, 5.41) is 9.97. The molecule has 3 atom stereocenters. The van der Waals surface area contributed by atoms with Crippen LogP contribution in [0.15, 0.2) is 60.7 Å². The van der Waals surface area contributed by atoms with Crippen LogP contribution in [0, 0.1) is 0 Å². The van der Waals surface area contributed by atoms with Crippen LogP contribution >= 0.6 is 0 Å². The molecule has 5 heteroatoms.